The maximum absolute atomic E-state index is 2.34. The first-order valence-corrected chi connectivity index (χ1v) is 6.69. The molecular formula is C18H18N+. The molecule has 3 rings (SSSR count). The molecule has 2 aromatic rings. The summed E-state index contributed by atoms with van der Waals surface area (Å²) >= 11 is 0. The van der Waals surface area contributed by atoms with E-state index < -0.39 is 0 Å². The summed E-state index contributed by atoms with van der Waals surface area (Å²) in [6.07, 6.45) is 4.60. The van der Waals surface area contributed by atoms with Crippen molar-refractivity contribution in [1.29, 1.82) is 0 Å². The quantitative estimate of drug-likeness (QED) is 0.840. The Morgan fingerprint density at radius 2 is 1.47 bits per heavy atom. The fraction of sp³-hybridized carbons (Fsp3) is 0.111. The molecule has 1 aliphatic heterocycles. The molecule has 1 heterocycles. The van der Waals surface area contributed by atoms with Gasteiger partial charge in [0.25, 0.3) is 0 Å². The van der Waals surface area contributed by atoms with Crippen LogP contribution in [-0.2, 0) is 0 Å². The second kappa shape index (κ2) is 5.25. The van der Waals surface area contributed by atoms with Gasteiger partial charge in [0.2, 0.25) is 0 Å². The van der Waals surface area contributed by atoms with Crippen LogP contribution in [-0.4, -0.2) is 0 Å². The van der Waals surface area contributed by atoms with Gasteiger partial charge in [-0.2, -0.15) is 0 Å². The minimum Gasteiger partial charge on any atom is -0.310 e. The molecule has 0 spiro atoms. The van der Waals surface area contributed by atoms with Crippen LogP contribution in [0.25, 0.3) is 5.57 Å². The second-order valence-electron chi connectivity index (χ2n) is 4.92. The summed E-state index contributed by atoms with van der Waals surface area (Å²) in [4.78, 5) is 0. The summed E-state index contributed by atoms with van der Waals surface area (Å²) in [7, 11) is 0. The molecule has 0 amide bonds. The van der Waals surface area contributed by atoms with Crippen LogP contribution >= 0.6 is 0 Å². The van der Waals surface area contributed by atoms with Gasteiger partial charge in [0.15, 0.2) is 0 Å². The third kappa shape index (κ3) is 2.51. The van der Waals surface area contributed by atoms with Crippen molar-refractivity contribution in [3.8, 4) is 0 Å². The van der Waals surface area contributed by atoms with E-state index in [4.69, 9.17) is 0 Å². The SMILES string of the molecule is CC1=CC(c2ccccc2)[NH2+]C=C1c1ccccc1. The molecule has 0 fully saturated rings. The lowest BCUT2D eigenvalue weighted by atomic mass is 9.93. The van der Waals surface area contributed by atoms with E-state index in [-0.39, 0.29) is 0 Å². The van der Waals surface area contributed by atoms with Gasteiger partial charge in [0.05, 0.1) is 0 Å². The highest BCUT2D eigenvalue weighted by Gasteiger charge is 2.18. The molecule has 1 heteroatoms. The Morgan fingerprint density at radius 1 is 0.842 bits per heavy atom. The highest BCUT2D eigenvalue weighted by molar-refractivity contribution is 5.78. The summed E-state index contributed by atoms with van der Waals surface area (Å²) in [5, 5.41) is 2.28. The van der Waals surface area contributed by atoms with Crippen LogP contribution in [0.4, 0.5) is 0 Å². The van der Waals surface area contributed by atoms with Crippen molar-refractivity contribution >= 4 is 5.57 Å². The monoisotopic (exact) mass is 248 g/mol. The van der Waals surface area contributed by atoms with Gasteiger partial charge < -0.3 is 5.32 Å². The minimum absolute atomic E-state index is 0.397. The van der Waals surface area contributed by atoms with Gasteiger partial charge in [0, 0.05) is 11.1 Å². The topological polar surface area (TPSA) is 16.6 Å². The summed E-state index contributed by atoms with van der Waals surface area (Å²) in [5.41, 5.74) is 5.32. The van der Waals surface area contributed by atoms with Crippen molar-refractivity contribution in [2.24, 2.45) is 0 Å². The van der Waals surface area contributed by atoms with Gasteiger partial charge in [0.1, 0.15) is 12.2 Å². The van der Waals surface area contributed by atoms with Crippen molar-refractivity contribution < 1.29 is 5.32 Å². The first kappa shape index (κ1) is 11.9. The average molecular weight is 248 g/mol. The van der Waals surface area contributed by atoms with Crippen LogP contribution in [0.3, 0.4) is 0 Å². The van der Waals surface area contributed by atoms with E-state index in [1.54, 1.807) is 0 Å². The molecule has 0 aliphatic carbocycles. The van der Waals surface area contributed by atoms with Crippen molar-refractivity contribution in [2.45, 2.75) is 13.0 Å². The van der Waals surface area contributed by atoms with E-state index >= 15 is 0 Å². The predicted octanol–water partition coefficient (Wildman–Crippen LogP) is 3.29. The maximum atomic E-state index is 2.34. The molecule has 1 unspecified atom stereocenters. The first-order chi connectivity index (χ1) is 9.34. The molecule has 1 aliphatic rings. The van der Waals surface area contributed by atoms with Crippen LogP contribution < -0.4 is 5.32 Å². The zero-order chi connectivity index (χ0) is 13.1. The van der Waals surface area contributed by atoms with E-state index in [0.29, 0.717) is 6.04 Å². The molecule has 0 radical (unpaired) electrons. The fourth-order valence-corrected chi connectivity index (χ4v) is 2.57. The smallest absolute Gasteiger partial charge is 0.135 e. The lowest BCUT2D eigenvalue weighted by molar-refractivity contribution is -0.622. The molecule has 1 atom stereocenters. The number of hydrogen-bond acceptors (Lipinski definition) is 0. The normalized spacial score (nSPS) is 18.7. The molecule has 0 saturated carbocycles. The lowest BCUT2D eigenvalue weighted by Gasteiger charge is -2.18. The predicted molar refractivity (Wildman–Crippen MR) is 79.3 cm³/mol. The van der Waals surface area contributed by atoms with Crippen molar-refractivity contribution in [1.82, 2.24) is 0 Å². The fourth-order valence-electron chi connectivity index (χ4n) is 2.57. The summed E-state index contributed by atoms with van der Waals surface area (Å²) in [6.45, 7) is 2.20. The van der Waals surface area contributed by atoms with E-state index in [2.05, 4.69) is 85.2 Å². The number of allylic oxidation sites excluding steroid dienone is 2. The van der Waals surface area contributed by atoms with Crippen molar-refractivity contribution in [3.05, 3.63) is 89.6 Å². The standard InChI is InChI=1S/C18H17N/c1-14-12-18(16-10-6-3-7-11-16)19-13-17(14)15-8-4-2-5-9-15/h2-13,18-19H,1H3/p+1. The van der Waals surface area contributed by atoms with Gasteiger partial charge in [-0.3, -0.25) is 0 Å². The lowest BCUT2D eigenvalue weighted by Crippen LogP contribution is -2.79. The van der Waals surface area contributed by atoms with E-state index in [0.717, 1.165) is 0 Å². The number of rotatable bonds is 2. The molecular weight excluding hydrogens is 230 g/mol. The molecule has 0 bridgehead atoms. The zero-order valence-corrected chi connectivity index (χ0v) is 11.1. The summed E-state index contributed by atoms with van der Waals surface area (Å²) in [5.74, 6) is 0. The van der Waals surface area contributed by atoms with Crippen LogP contribution in [0.15, 0.2) is 78.5 Å². The largest absolute Gasteiger partial charge is 0.310 e. The van der Waals surface area contributed by atoms with Crippen molar-refractivity contribution in [3.63, 3.8) is 0 Å². The maximum Gasteiger partial charge on any atom is 0.135 e. The molecule has 0 aromatic heterocycles. The van der Waals surface area contributed by atoms with Crippen LogP contribution in [0, 0.1) is 0 Å². The second-order valence-corrected chi connectivity index (χ2v) is 4.92. The van der Waals surface area contributed by atoms with Crippen LogP contribution in [0.2, 0.25) is 0 Å². The zero-order valence-electron chi connectivity index (χ0n) is 11.1. The Hall–Kier alpha value is -2.12. The van der Waals surface area contributed by atoms with E-state index in [9.17, 15) is 0 Å². The molecule has 0 saturated heterocycles. The molecule has 1 nitrogen and oxygen atoms in total. The highest BCUT2D eigenvalue weighted by Crippen LogP contribution is 2.26. The highest BCUT2D eigenvalue weighted by atomic mass is 14.9. The van der Waals surface area contributed by atoms with E-state index in [1.165, 1.54) is 22.3 Å². The number of quaternary nitrogens is 1. The molecule has 94 valence electrons. The van der Waals surface area contributed by atoms with Crippen LogP contribution in [0.5, 0.6) is 0 Å². The van der Waals surface area contributed by atoms with Gasteiger partial charge >= 0.3 is 0 Å². The number of nitrogens with two attached hydrogens (primary N) is 1. The van der Waals surface area contributed by atoms with Gasteiger partial charge in [-0.25, -0.2) is 0 Å². The van der Waals surface area contributed by atoms with Crippen LogP contribution in [0.1, 0.15) is 24.1 Å². The Kier molecular flexibility index (Phi) is 3.30. The number of benzene rings is 2. The van der Waals surface area contributed by atoms with Gasteiger partial charge in [-0.15, -0.1) is 0 Å². The average Bonchev–Trinajstić information content (AvgIpc) is 2.49. The molecule has 19 heavy (non-hydrogen) atoms. The number of hydrogen-bond donors (Lipinski definition) is 1. The Bertz CT molecular complexity index is 609. The first-order valence-electron chi connectivity index (χ1n) is 6.69. The summed E-state index contributed by atoms with van der Waals surface area (Å²) < 4.78 is 0. The third-order valence-corrected chi connectivity index (χ3v) is 3.59. The minimum atomic E-state index is 0.397. The Labute approximate surface area is 114 Å². The van der Waals surface area contributed by atoms with Gasteiger partial charge in [-0.1, -0.05) is 60.7 Å². The Morgan fingerprint density at radius 3 is 2.11 bits per heavy atom. The molecule has 2 N–H and O–H groups in total. The van der Waals surface area contributed by atoms with Gasteiger partial charge in [-0.05, 0) is 24.1 Å². The van der Waals surface area contributed by atoms with Crippen molar-refractivity contribution in [2.75, 3.05) is 0 Å². The van der Waals surface area contributed by atoms with E-state index in [1.807, 2.05) is 0 Å². The molecule has 2 aromatic carbocycles. The third-order valence-electron chi connectivity index (χ3n) is 3.59. The summed E-state index contributed by atoms with van der Waals surface area (Å²) in [6, 6.07) is 21.6. The Balaban J connectivity index is 1.88.